The van der Waals surface area contributed by atoms with Crippen molar-refractivity contribution in [1.82, 2.24) is 0 Å². The fourth-order valence-electron chi connectivity index (χ4n) is 4.59. The van der Waals surface area contributed by atoms with Gasteiger partial charge in [0, 0.05) is 5.56 Å². The molecule has 1 unspecified atom stereocenters. The van der Waals surface area contributed by atoms with Crippen molar-refractivity contribution in [2.75, 3.05) is 0 Å². The van der Waals surface area contributed by atoms with Crippen LogP contribution < -0.4 is 0 Å². The lowest BCUT2D eigenvalue weighted by molar-refractivity contribution is 0.446. The van der Waals surface area contributed by atoms with E-state index < -0.39 is 34.9 Å². The van der Waals surface area contributed by atoms with Crippen molar-refractivity contribution in [3.8, 4) is 11.8 Å². The van der Waals surface area contributed by atoms with E-state index in [1.165, 1.54) is 6.07 Å². The Morgan fingerprint density at radius 3 is 2.23 bits per heavy atom. The Labute approximate surface area is 201 Å². The molecule has 0 aliphatic heterocycles. The van der Waals surface area contributed by atoms with Gasteiger partial charge in [0.15, 0.2) is 29.1 Å². The molecular weight excluding hydrogens is 462 g/mol. The molecule has 0 saturated carbocycles. The fourth-order valence-corrected chi connectivity index (χ4v) is 4.59. The summed E-state index contributed by atoms with van der Waals surface area (Å²) in [4.78, 5) is 0. The van der Waals surface area contributed by atoms with E-state index in [0.717, 1.165) is 37.0 Å². The number of rotatable bonds is 5. The van der Waals surface area contributed by atoms with Crippen LogP contribution in [-0.2, 0) is 19.3 Å². The normalized spacial score (nSPS) is 14.9. The molecule has 4 rings (SSSR count). The minimum atomic E-state index is -1.59. The standard InChI is InChI=1S/C29H24F6/c1-2-3-4-5-18-10-11-23(28(34)27(18)33)20-9-8-19-14-21(24(30)16-22(19)15-20)7-6-17-12-25(31)29(35)26(32)13-17/h10-14,16,20H,2-5,8-9,15H2,1H3. The van der Waals surface area contributed by atoms with Gasteiger partial charge >= 0.3 is 0 Å². The number of unbranched alkanes of at least 4 members (excludes halogenated alkanes) is 2. The first-order valence-electron chi connectivity index (χ1n) is 11.7. The van der Waals surface area contributed by atoms with Crippen LogP contribution >= 0.6 is 0 Å². The van der Waals surface area contributed by atoms with Crippen LogP contribution in [0.4, 0.5) is 26.3 Å². The highest BCUT2D eigenvalue weighted by molar-refractivity contribution is 5.48. The molecule has 0 saturated heterocycles. The van der Waals surface area contributed by atoms with Crippen LogP contribution in [0.3, 0.4) is 0 Å². The molecule has 35 heavy (non-hydrogen) atoms. The zero-order valence-electron chi connectivity index (χ0n) is 19.3. The molecule has 0 amide bonds. The summed E-state index contributed by atoms with van der Waals surface area (Å²) in [6.07, 6.45) is 4.70. The van der Waals surface area contributed by atoms with Gasteiger partial charge in [0.05, 0.1) is 5.56 Å². The molecule has 0 spiro atoms. The van der Waals surface area contributed by atoms with Crippen LogP contribution in [0.25, 0.3) is 0 Å². The van der Waals surface area contributed by atoms with E-state index in [2.05, 4.69) is 11.8 Å². The number of hydrogen-bond donors (Lipinski definition) is 0. The number of aryl methyl sites for hydroxylation is 2. The van der Waals surface area contributed by atoms with Crippen molar-refractivity contribution >= 4 is 0 Å². The SMILES string of the molecule is CCCCCc1ccc(C2CCc3cc(C#Cc4cc(F)c(F)c(F)c4)c(F)cc3C2)c(F)c1F. The lowest BCUT2D eigenvalue weighted by Gasteiger charge is -2.26. The van der Waals surface area contributed by atoms with Crippen LogP contribution in [0.1, 0.15) is 71.9 Å². The number of benzene rings is 3. The molecule has 0 N–H and O–H groups in total. The van der Waals surface area contributed by atoms with Crippen molar-refractivity contribution in [3.63, 3.8) is 0 Å². The highest BCUT2D eigenvalue weighted by atomic mass is 19.2. The van der Waals surface area contributed by atoms with Gasteiger partial charge in [0.25, 0.3) is 0 Å². The summed E-state index contributed by atoms with van der Waals surface area (Å²) in [7, 11) is 0. The van der Waals surface area contributed by atoms with Crippen LogP contribution in [0.5, 0.6) is 0 Å². The fraction of sp³-hybridized carbons (Fsp3) is 0.310. The summed E-state index contributed by atoms with van der Waals surface area (Å²) in [5, 5.41) is 0. The van der Waals surface area contributed by atoms with E-state index in [1.54, 1.807) is 18.2 Å². The Bertz CT molecular complexity index is 1290. The van der Waals surface area contributed by atoms with Crippen molar-refractivity contribution in [1.29, 1.82) is 0 Å². The Morgan fingerprint density at radius 2 is 1.51 bits per heavy atom. The maximum atomic E-state index is 14.9. The summed E-state index contributed by atoms with van der Waals surface area (Å²) in [6.45, 7) is 2.05. The average Bonchev–Trinajstić information content (AvgIpc) is 2.83. The van der Waals surface area contributed by atoms with Crippen molar-refractivity contribution in [2.45, 2.75) is 57.8 Å². The summed E-state index contributed by atoms with van der Waals surface area (Å²) < 4.78 is 84.1. The third-order valence-corrected chi connectivity index (χ3v) is 6.52. The van der Waals surface area contributed by atoms with Gasteiger partial charge in [-0.1, -0.05) is 43.7 Å². The van der Waals surface area contributed by atoms with E-state index in [9.17, 15) is 26.3 Å². The minimum Gasteiger partial charge on any atom is -0.206 e. The van der Waals surface area contributed by atoms with Gasteiger partial charge in [-0.25, -0.2) is 26.3 Å². The summed E-state index contributed by atoms with van der Waals surface area (Å²) in [5.41, 5.74) is 2.13. The Hall–Kier alpha value is -3.20. The van der Waals surface area contributed by atoms with Gasteiger partial charge in [-0.15, -0.1) is 0 Å². The third kappa shape index (κ3) is 5.40. The zero-order chi connectivity index (χ0) is 25.1. The third-order valence-electron chi connectivity index (χ3n) is 6.52. The Balaban J connectivity index is 1.55. The highest BCUT2D eigenvalue weighted by Gasteiger charge is 2.26. The van der Waals surface area contributed by atoms with Crippen molar-refractivity contribution in [2.24, 2.45) is 0 Å². The summed E-state index contributed by atoms with van der Waals surface area (Å²) in [5.74, 6) is -1.85. The van der Waals surface area contributed by atoms with E-state index >= 15 is 0 Å². The van der Waals surface area contributed by atoms with Gasteiger partial charge in [-0.2, -0.15) is 0 Å². The van der Waals surface area contributed by atoms with E-state index in [4.69, 9.17) is 0 Å². The van der Waals surface area contributed by atoms with E-state index in [1.807, 2.05) is 6.92 Å². The quantitative estimate of drug-likeness (QED) is 0.149. The van der Waals surface area contributed by atoms with Crippen molar-refractivity contribution < 1.29 is 26.3 Å². The first kappa shape index (κ1) is 24.9. The summed E-state index contributed by atoms with van der Waals surface area (Å²) >= 11 is 0. The van der Waals surface area contributed by atoms with E-state index in [0.29, 0.717) is 42.4 Å². The Kier molecular flexibility index (Phi) is 7.54. The van der Waals surface area contributed by atoms with Gasteiger partial charge < -0.3 is 0 Å². The molecule has 1 aliphatic rings. The van der Waals surface area contributed by atoms with Crippen LogP contribution in [0, 0.1) is 46.7 Å². The van der Waals surface area contributed by atoms with Gasteiger partial charge in [-0.05, 0) is 84.5 Å². The molecule has 1 aliphatic carbocycles. The van der Waals surface area contributed by atoms with Crippen LogP contribution in [0.2, 0.25) is 0 Å². The molecule has 3 aromatic carbocycles. The zero-order valence-corrected chi connectivity index (χ0v) is 19.3. The lowest BCUT2D eigenvalue weighted by atomic mass is 9.79. The first-order valence-corrected chi connectivity index (χ1v) is 11.7. The van der Waals surface area contributed by atoms with Crippen molar-refractivity contribution in [3.05, 3.63) is 105 Å². The number of hydrogen-bond acceptors (Lipinski definition) is 0. The second-order valence-electron chi connectivity index (χ2n) is 8.94. The minimum absolute atomic E-state index is 0.0426. The second-order valence-corrected chi connectivity index (χ2v) is 8.94. The molecule has 0 aromatic heterocycles. The molecular formula is C29H24F6. The molecule has 0 bridgehead atoms. The van der Waals surface area contributed by atoms with Gasteiger partial charge in [0.1, 0.15) is 5.82 Å². The smallest absolute Gasteiger partial charge is 0.194 e. The highest BCUT2D eigenvalue weighted by Crippen LogP contribution is 2.36. The van der Waals surface area contributed by atoms with Crippen LogP contribution in [-0.4, -0.2) is 0 Å². The molecule has 182 valence electrons. The van der Waals surface area contributed by atoms with E-state index in [-0.39, 0.29) is 17.0 Å². The maximum absolute atomic E-state index is 14.9. The van der Waals surface area contributed by atoms with Gasteiger partial charge in [0.2, 0.25) is 0 Å². The topological polar surface area (TPSA) is 0 Å². The predicted molar refractivity (Wildman–Crippen MR) is 123 cm³/mol. The molecule has 3 aromatic rings. The largest absolute Gasteiger partial charge is 0.206 e. The molecule has 0 fully saturated rings. The molecule has 0 heterocycles. The second kappa shape index (κ2) is 10.6. The monoisotopic (exact) mass is 486 g/mol. The molecule has 0 radical (unpaired) electrons. The molecule has 0 nitrogen and oxygen atoms in total. The predicted octanol–water partition coefficient (Wildman–Crippen LogP) is 7.93. The van der Waals surface area contributed by atoms with Crippen LogP contribution in [0.15, 0.2) is 36.4 Å². The Morgan fingerprint density at radius 1 is 0.771 bits per heavy atom. The lowest BCUT2D eigenvalue weighted by Crippen LogP contribution is -2.16. The number of fused-ring (bicyclic) bond motifs is 1. The number of halogens is 6. The van der Waals surface area contributed by atoms with Gasteiger partial charge in [-0.3, -0.25) is 0 Å². The average molecular weight is 486 g/mol. The molecule has 6 heteroatoms. The first-order chi connectivity index (χ1) is 16.8. The maximum Gasteiger partial charge on any atom is 0.194 e. The summed E-state index contributed by atoms with van der Waals surface area (Å²) in [6, 6.07) is 7.68. The molecule has 1 atom stereocenters.